The van der Waals surface area contributed by atoms with Crippen molar-refractivity contribution in [2.24, 2.45) is 5.92 Å². The van der Waals surface area contributed by atoms with Gasteiger partial charge in [0.25, 0.3) is 11.8 Å². The molecule has 28 heavy (non-hydrogen) atoms. The van der Waals surface area contributed by atoms with Crippen molar-refractivity contribution in [3.63, 3.8) is 0 Å². The molecule has 0 bridgehead atoms. The number of rotatable bonds is 5. The van der Waals surface area contributed by atoms with E-state index >= 15 is 0 Å². The predicted molar refractivity (Wildman–Crippen MR) is 102 cm³/mol. The van der Waals surface area contributed by atoms with Gasteiger partial charge in [-0.15, -0.1) is 0 Å². The molecule has 2 aliphatic rings. The Balaban J connectivity index is 1.41. The van der Waals surface area contributed by atoms with E-state index in [1.165, 1.54) is 12.8 Å². The average Bonchev–Trinajstić information content (AvgIpc) is 3.29. The molecule has 7 heteroatoms. The van der Waals surface area contributed by atoms with Crippen LogP contribution in [0.1, 0.15) is 34.3 Å². The van der Waals surface area contributed by atoms with Crippen LogP contribution in [0.25, 0.3) is 22.8 Å². The van der Waals surface area contributed by atoms with Gasteiger partial charge in [0.1, 0.15) is 6.07 Å². The summed E-state index contributed by atoms with van der Waals surface area (Å²) in [4.78, 5) is 16.2. The van der Waals surface area contributed by atoms with Crippen molar-refractivity contribution in [2.75, 3.05) is 11.9 Å². The number of carbonyl (C=O) groups is 1. The second-order valence-corrected chi connectivity index (χ2v) is 7.17. The highest BCUT2D eigenvalue weighted by Crippen LogP contribution is 2.31. The van der Waals surface area contributed by atoms with Crippen molar-refractivity contribution in [1.82, 2.24) is 15.5 Å². The third kappa shape index (κ3) is 2.99. The minimum Gasteiger partial charge on any atom is -0.384 e. The zero-order valence-electron chi connectivity index (χ0n) is 15.0. The molecule has 1 aliphatic carbocycles. The van der Waals surface area contributed by atoms with Crippen molar-refractivity contribution in [2.45, 2.75) is 19.4 Å². The van der Waals surface area contributed by atoms with Crippen LogP contribution in [0, 0.1) is 17.2 Å². The van der Waals surface area contributed by atoms with E-state index in [2.05, 4.69) is 26.8 Å². The van der Waals surface area contributed by atoms with Crippen molar-refractivity contribution >= 4 is 11.6 Å². The lowest BCUT2D eigenvalue weighted by molar-refractivity contribution is 0.0966. The third-order valence-corrected chi connectivity index (χ3v) is 5.14. The summed E-state index contributed by atoms with van der Waals surface area (Å²) in [7, 11) is 0. The Morgan fingerprint density at radius 2 is 2.07 bits per heavy atom. The molecule has 2 N–H and O–H groups in total. The molecule has 0 spiro atoms. The summed E-state index contributed by atoms with van der Waals surface area (Å²) in [5.74, 6) is 1.47. The Hall–Kier alpha value is -3.66. The fourth-order valence-electron chi connectivity index (χ4n) is 3.33. The second kappa shape index (κ2) is 6.50. The molecule has 2 heterocycles. The van der Waals surface area contributed by atoms with Gasteiger partial charge in [0, 0.05) is 29.8 Å². The van der Waals surface area contributed by atoms with E-state index in [9.17, 15) is 10.1 Å². The number of hydrogen-bond donors (Lipinski definition) is 2. The maximum Gasteiger partial charge on any atom is 0.258 e. The van der Waals surface area contributed by atoms with Gasteiger partial charge in [-0.3, -0.25) is 4.79 Å². The highest BCUT2D eigenvalue weighted by Gasteiger charge is 2.22. The average molecular weight is 371 g/mol. The minimum atomic E-state index is -0.0604. The smallest absolute Gasteiger partial charge is 0.258 e. The van der Waals surface area contributed by atoms with Crippen molar-refractivity contribution in [1.29, 1.82) is 5.26 Å². The molecule has 3 aromatic rings. The molecule has 1 amide bonds. The summed E-state index contributed by atoms with van der Waals surface area (Å²) in [6.45, 7) is 1.40. The Kier molecular flexibility index (Phi) is 3.83. The Labute approximate surface area is 161 Å². The summed E-state index contributed by atoms with van der Waals surface area (Å²) >= 11 is 0. The van der Waals surface area contributed by atoms with E-state index in [1.54, 1.807) is 12.1 Å². The SMILES string of the molecule is N#Cc1cc(-c2nc(-c3ccc4c(c3)CNC4=O)no2)ccc1NCC1CC1. The maximum absolute atomic E-state index is 11.7. The molecule has 0 unspecified atom stereocenters. The molecule has 138 valence electrons. The molecule has 1 aliphatic heterocycles. The summed E-state index contributed by atoms with van der Waals surface area (Å²) < 4.78 is 5.42. The lowest BCUT2D eigenvalue weighted by atomic mass is 10.1. The van der Waals surface area contributed by atoms with Gasteiger partial charge in [-0.25, -0.2) is 0 Å². The van der Waals surface area contributed by atoms with Crippen LogP contribution in [-0.2, 0) is 6.54 Å². The Morgan fingerprint density at radius 3 is 2.89 bits per heavy atom. The summed E-state index contributed by atoms with van der Waals surface area (Å²) in [5, 5.41) is 19.7. The molecule has 0 saturated heterocycles. The molecule has 5 rings (SSSR count). The molecule has 0 radical (unpaired) electrons. The Bertz CT molecular complexity index is 1120. The molecule has 1 fully saturated rings. The predicted octanol–water partition coefficient (Wildman–Crippen LogP) is 3.34. The van der Waals surface area contributed by atoms with Gasteiger partial charge in [-0.2, -0.15) is 10.2 Å². The van der Waals surface area contributed by atoms with Gasteiger partial charge in [0.15, 0.2) is 0 Å². The highest BCUT2D eigenvalue weighted by atomic mass is 16.5. The van der Waals surface area contributed by atoms with Crippen LogP contribution in [0.3, 0.4) is 0 Å². The van der Waals surface area contributed by atoms with Crippen LogP contribution < -0.4 is 10.6 Å². The zero-order valence-corrected chi connectivity index (χ0v) is 15.0. The van der Waals surface area contributed by atoms with Crippen LogP contribution in [0.15, 0.2) is 40.9 Å². The number of nitriles is 1. The number of fused-ring (bicyclic) bond motifs is 1. The van der Waals surface area contributed by atoms with Crippen molar-refractivity contribution in [3.8, 4) is 28.9 Å². The molecular formula is C21H17N5O2. The fourth-order valence-corrected chi connectivity index (χ4v) is 3.33. The molecule has 2 aromatic carbocycles. The van der Waals surface area contributed by atoms with Crippen LogP contribution in [0.4, 0.5) is 5.69 Å². The van der Waals surface area contributed by atoms with E-state index in [0.29, 0.717) is 35.0 Å². The standard InChI is InChI=1S/C21H17N5O2/c22-9-15-8-14(4-6-18(15)23-10-12-1-2-12)21-25-19(26-28-21)13-3-5-17-16(7-13)11-24-20(17)27/h3-8,12,23H,1-2,10-11H2,(H,24,27). The van der Waals surface area contributed by atoms with Crippen molar-refractivity contribution in [3.05, 3.63) is 53.1 Å². The summed E-state index contributed by atoms with van der Waals surface area (Å²) in [6.07, 6.45) is 2.51. The number of carbonyl (C=O) groups excluding carboxylic acids is 1. The topological polar surface area (TPSA) is 104 Å². The van der Waals surface area contributed by atoms with Gasteiger partial charge < -0.3 is 15.2 Å². The quantitative estimate of drug-likeness (QED) is 0.713. The van der Waals surface area contributed by atoms with Gasteiger partial charge in [-0.05, 0) is 54.7 Å². The number of hydrogen-bond acceptors (Lipinski definition) is 6. The van der Waals surface area contributed by atoms with Crippen LogP contribution >= 0.6 is 0 Å². The molecular weight excluding hydrogens is 354 g/mol. The Morgan fingerprint density at radius 1 is 1.21 bits per heavy atom. The molecule has 1 aromatic heterocycles. The van der Waals surface area contributed by atoms with E-state index in [1.807, 2.05) is 24.3 Å². The number of aromatic nitrogens is 2. The van der Waals surface area contributed by atoms with Gasteiger partial charge >= 0.3 is 0 Å². The number of nitrogens with one attached hydrogen (secondary N) is 2. The number of benzene rings is 2. The van der Waals surface area contributed by atoms with Crippen LogP contribution in [0.2, 0.25) is 0 Å². The van der Waals surface area contributed by atoms with Gasteiger partial charge in [0.2, 0.25) is 5.82 Å². The third-order valence-electron chi connectivity index (χ3n) is 5.14. The van der Waals surface area contributed by atoms with Gasteiger partial charge in [-0.1, -0.05) is 11.2 Å². The van der Waals surface area contributed by atoms with Crippen LogP contribution in [-0.4, -0.2) is 22.6 Å². The lowest BCUT2D eigenvalue weighted by Crippen LogP contribution is -2.12. The molecule has 7 nitrogen and oxygen atoms in total. The largest absolute Gasteiger partial charge is 0.384 e. The zero-order chi connectivity index (χ0) is 19.1. The first-order valence-electron chi connectivity index (χ1n) is 9.25. The fraction of sp³-hybridized carbons (Fsp3) is 0.238. The number of nitrogens with zero attached hydrogens (tertiary/aromatic N) is 3. The van der Waals surface area contributed by atoms with Gasteiger partial charge in [0.05, 0.1) is 11.3 Å². The first kappa shape index (κ1) is 16.5. The van der Waals surface area contributed by atoms with E-state index in [-0.39, 0.29) is 5.91 Å². The summed E-state index contributed by atoms with van der Waals surface area (Å²) in [6, 6.07) is 13.2. The molecule has 1 saturated carbocycles. The van der Waals surface area contributed by atoms with Crippen molar-refractivity contribution < 1.29 is 9.32 Å². The number of anilines is 1. The van der Waals surface area contributed by atoms with E-state index in [0.717, 1.165) is 29.3 Å². The van der Waals surface area contributed by atoms with E-state index < -0.39 is 0 Å². The maximum atomic E-state index is 11.7. The van der Waals surface area contributed by atoms with E-state index in [4.69, 9.17) is 4.52 Å². The summed E-state index contributed by atoms with van der Waals surface area (Å²) in [5.41, 5.74) is 4.47. The first-order valence-corrected chi connectivity index (χ1v) is 9.25. The highest BCUT2D eigenvalue weighted by molar-refractivity contribution is 5.98. The first-order chi connectivity index (χ1) is 13.7. The van der Waals surface area contributed by atoms with Crippen LogP contribution in [0.5, 0.6) is 0 Å². The second-order valence-electron chi connectivity index (χ2n) is 7.17. The number of amides is 1. The monoisotopic (exact) mass is 371 g/mol. The molecule has 0 atom stereocenters. The normalized spacial score (nSPS) is 15.0. The minimum absolute atomic E-state index is 0.0604. The lowest BCUT2D eigenvalue weighted by Gasteiger charge is -2.07.